The fraction of sp³-hybridized carbons (Fsp3) is 0.350. The molecular formula is C20H25N3O3S. The van der Waals surface area contributed by atoms with Crippen LogP contribution in [0.15, 0.2) is 54.6 Å². The van der Waals surface area contributed by atoms with Crippen LogP contribution in [-0.4, -0.2) is 37.9 Å². The number of nitrogens with zero attached hydrogens (tertiary/aromatic N) is 1. The molecule has 0 unspecified atom stereocenters. The molecule has 2 N–H and O–H groups in total. The number of piperidine rings is 1. The number of para-hydroxylation sites is 1. The van der Waals surface area contributed by atoms with E-state index in [-0.39, 0.29) is 17.8 Å². The van der Waals surface area contributed by atoms with Gasteiger partial charge in [-0.15, -0.1) is 0 Å². The molecule has 0 aliphatic carbocycles. The van der Waals surface area contributed by atoms with Crippen LogP contribution >= 0.6 is 0 Å². The van der Waals surface area contributed by atoms with Gasteiger partial charge in [-0.25, -0.2) is 17.5 Å². The molecule has 1 saturated heterocycles. The molecule has 0 saturated carbocycles. The second-order valence-electron chi connectivity index (χ2n) is 6.88. The smallest absolute Gasteiger partial charge is 0.319 e. The maximum atomic E-state index is 12.7. The van der Waals surface area contributed by atoms with E-state index in [1.54, 1.807) is 0 Å². The minimum atomic E-state index is -3.35. The van der Waals surface area contributed by atoms with Crippen LogP contribution in [0.2, 0.25) is 0 Å². The van der Waals surface area contributed by atoms with Crippen molar-refractivity contribution >= 4 is 21.7 Å². The van der Waals surface area contributed by atoms with Gasteiger partial charge in [-0.2, -0.15) is 0 Å². The third-order valence-corrected chi connectivity index (χ3v) is 6.50. The Hall–Kier alpha value is -2.38. The van der Waals surface area contributed by atoms with Crippen LogP contribution in [0.4, 0.5) is 10.5 Å². The van der Waals surface area contributed by atoms with Gasteiger partial charge in [-0.1, -0.05) is 48.0 Å². The van der Waals surface area contributed by atoms with E-state index in [0.29, 0.717) is 25.9 Å². The Labute approximate surface area is 160 Å². The molecule has 7 heteroatoms. The van der Waals surface area contributed by atoms with Crippen LogP contribution < -0.4 is 10.6 Å². The van der Waals surface area contributed by atoms with Crippen molar-refractivity contribution < 1.29 is 13.2 Å². The predicted molar refractivity (Wildman–Crippen MR) is 107 cm³/mol. The molecular weight excluding hydrogens is 362 g/mol. The molecule has 0 bridgehead atoms. The van der Waals surface area contributed by atoms with Crippen LogP contribution in [0.1, 0.15) is 24.0 Å². The number of anilines is 1. The Balaban J connectivity index is 1.50. The van der Waals surface area contributed by atoms with E-state index < -0.39 is 10.0 Å². The largest absolute Gasteiger partial charge is 0.335 e. The first-order valence-electron chi connectivity index (χ1n) is 9.08. The van der Waals surface area contributed by atoms with E-state index in [4.69, 9.17) is 0 Å². The highest BCUT2D eigenvalue weighted by atomic mass is 32.2. The fourth-order valence-corrected chi connectivity index (χ4v) is 4.81. The van der Waals surface area contributed by atoms with E-state index in [9.17, 15) is 13.2 Å². The number of benzene rings is 2. The maximum Gasteiger partial charge on any atom is 0.319 e. The van der Waals surface area contributed by atoms with Crippen molar-refractivity contribution in [3.8, 4) is 0 Å². The monoisotopic (exact) mass is 387 g/mol. The third-order valence-electron chi connectivity index (χ3n) is 4.65. The SMILES string of the molecule is Cc1cccc(CS(=O)(=O)N2CCC(NC(=O)Nc3ccccc3)CC2)c1. The van der Waals surface area contributed by atoms with Gasteiger partial charge in [0.2, 0.25) is 10.0 Å². The van der Waals surface area contributed by atoms with E-state index in [1.165, 1.54) is 4.31 Å². The van der Waals surface area contributed by atoms with E-state index >= 15 is 0 Å². The second-order valence-corrected chi connectivity index (χ2v) is 8.85. The molecule has 2 aromatic rings. The zero-order chi connectivity index (χ0) is 19.3. The number of carbonyl (C=O) groups excluding carboxylic acids is 1. The summed E-state index contributed by atoms with van der Waals surface area (Å²) in [7, 11) is -3.35. The van der Waals surface area contributed by atoms with Crippen molar-refractivity contribution in [1.82, 2.24) is 9.62 Å². The molecule has 1 fully saturated rings. The summed E-state index contributed by atoms with van der Waals surface area (Å²) >= 11 is 0. The lowest BCUT2D eigenvalue weighted by molar-refractivity contribution is 0.238. The number of rotatable bonds is 5. The fourth-order valence-electron chi connectivity index (χ4n) is 3.26. The Morgan fingerprint density at radius 3 is 2.44 bits per heavy atom. The van der Waals surface area contributed by atoms with Crippen LogP contribution in [0.25, 0.3) is 0 Å². The Bertz CT molecular complexity index is 876. The van der Waals surface area contributed by atoms with Crippen molar-refractivity contribution in [2.75, 3.05) is 18.4 Å². The first-order chi connectivity index (χ1) is 12.9. The van der Waals surface area contributed by atoms with Crippen molar-refractivity contribution in [3.63, 3.8) is 0 Å². The lowest BCUT2D eigenvalue weighted by Gasteiger charge is -2.31. The number of hydrogen-bond donors (Lipinski definition) is 2. The maximum absolute atomic E-state index is 12.7. The highest BCUT2D eigenvalue weighted by molar-refractivity contribution is 7.88. The normalized spacial score (nSPS) is 16.0. The summed E-state index contributed by atoms with van der Waals surface area (Å²) in [6, 6.07) is 16.5. The van der Waals surface area contributed by atoms with Gasteiger partial charge >= 0.3 is 6.03 Å². The van der Waals surface area contributed by atoms with Gasteiger partial charge in [0.1, 0.15) is 0 Å². The van der Waals surface area contributed by atoms with Gasteiger partial charge in [0.25, 0.3) is 0 Å². The number of nitrogens with one attached hydrogen (secondary N) is 2. The first kappa shape index (κ1) is 19.4. The average Bonchev–Trinajstić information content (AvgIpc) is 2.62. The standard InChI is InChI=1S/C20H25N3O3S/c1-16-6-5-7-17(14-16)15-27(25,26)23-12-10-19(11-13-23)22-20(24)21-18-8-3-2-4-9-18/h2-9,14,19H,10-13,15H2,1H3,(H2,21,22,24). The van der Waals surface area contributed by atoms with E-state index in [1.807, 2.05) is 61.5 Å². The summed E-state index contributed by atoms with van der Waals surface area (Å²) in [5.41, 5.74) is 2.58. The van der Waals surface area contributed by atoms with Gasteiger partial charge < -0.3 is 10.6 Å². The zero-order valence-electron chi connectivity index (χ0n) is 15.4. The highest BCUT2D eigenvalue weighted by Gasteiger charge is 2.28. The number of urea groups is 1. The molecule has 144 valence electrons. The van der Waals surface area contributed by atoms with Crippen molar-refractivity contribution in [3.05, 3.63) is 65.7 Å². The van der Waals surface area contributed by atoms with Gasteiger partial charge in [-0.05, 0) is 37.5 Å². The quantitative estimate of drug-likeness (QED) is 0.827. The number of aryl methyl sites for hydroxylation is 1. The number of carbonyl (C=O) groups is 1. The summed E-state index contributed by atoms with van der Waals surface area (Å²) in [5.74, 6) is 0.0151. The molecule has 0 spiro atoms. The summed E-state index contributed by atoms with van der Waals surface area (Å²) in [5, 5.41) is 5.71. The van der Waals surface area contributed by atoms with Gasteiger partial charge in [0.15, 0.2) is 0 Å². The van der Waals surface area contributed by atoms with Crippen LogP contribution in [0, 0.1) is 6.92 Å². The molecule has 3 rings (SSSR count). The lowest BCUT2D eigenvalue weighted by atomic mass is 10.1. The van der Waals surface area contributed by atoms with E-state index in [0.717, 1.165) is 16.8 Å². The van der Waals surface area contributed by atoms with Crippen molar-refractivity contribution in [2.24, 2.45) is 0 Å². The van der Waals surface area contributed by atoms with E-state index in [2.05, 4.69) is 10.6 Å². The molecule has 27 heavy (non-hydrogen) atoms. The number of hydrogen-bond acceptors (Lipinski definition) is 3. The van der Waals surface area contributed by atoms with Crippen LogP contribution in [-0.2, 0) is 15.8 Å². The zero-order valence-corrected chi connectivity index (χ0v) is 16.2. The lowest BCUT2D eigenvalue weighted by Crippen LogP contribution is -2.47. The number of amides is 2. The van der Waals surface area contributed by atoms with Gasteiger partial charge in [0, 0.05) is 24.8 Å². The molecule has 1 heterocycles. The molecule has 1 aliphatic heterocycles. The van der Waals surface area contributed by atoms with Gasteiger partial charge in [0.05, 0.1) is 5.75 Å². The second kappa shape index (κ2) is 8.54. The Kier molecular flexibility index (Phi) is 6.13. The summed E-state index contributed by atoms with van der Waals surface area (Å²) in [6.45, 7) is 2.79. The van der Waals surface area contributed by atoms with Crippen LogP contribution in [0.5, 0.6) is 0 Å². The third kappa shape index (κ3) is 5.55. The summed E-state index contributed by atoms with van der Waals surface area (Å²) in [4.78, 5) is 12.1. The Morgan fingerprint density at radius 1 is 1.07 bits per heavy atom. The first-order valence-corrected chi connectivity index (χ1v) is 10.7. The molecule has 0 atom stereocenters. The molecule has 2 aromatic carbocycles. The predicted octanol–water partition coefficient (Wildman–Crippen LogP) is 3.11. The highest BCUT2D eigenvalue weighted by Crippen LogP contribution is 2.18. The topological polar surface area (TPSA) is 78.5 Å². The van der Waals surface area contributed by atoms with Gasteiger partial charge in [-0.3, -0.25) is 0 Å². The van der Waals surface area contributed by atoms with Crippen molar-refractivity contribution in [2.45, 2.75) is 31.6 Å². The minimum Gasteiger partial charge on any atom is -0.335 e. The minimum absolute atomic E-state index is 0.0151. The van der Waals surface area contributed by atoms with Crippen LogP contribution in [0.3, 0.4) is 0 Å². The molecule has 2 amide bonds. The van der Waals surface area contributed by atoms with Crippen molar-refractivity contribution in [1.29, 1.82) is 0 Å². The summed E-state index contributed by atoms with van der Waals surface area (Å²) in [6.07, 6.45) is 1.21. The Morgan fingerprint density at radius 2 is 1.78 bits per heavy atom. The molecule has 1 aliphatic rings. The molecule has 0 radical (unpaired) electrons. The average molecular weight is 388 g/mol. The summed E-state index contributed by atoms with van der Waals surface area (Å²) < 4.78 is 26.9. The molecule has 6 nitrogen and oxygen atoms in total. The number of sulfonamides is 1. The molecule has 0 aromatic heterocycles.